The van der Waals surface area contributed by atoms with E-state index in [2.05, 4.69) is 0 Å². The van der Waals surface area contributed by atoms with Gasteiger partial charge in [0.1, 0.15) is 18.1 Å². The molecule has 0 saturated carbocycles. The number of hydrogen-bond acceptors (Lipinski definition) is 4. The fraction of sp³-hybridized carbons (Fsp3) is 0.222. The molecular formula is C18H16O5. The number of benzene rings is 2. The van der Waals surface area contributed by atoms with Gasteiger partial charge in [-0.2, -0.15) is 0 Å². The van der Waals surface area contributed by atoms with Gasteiger partial charge in [-0.1, -0.05) is 30.3 Å². The van der Waals surface area contributed by atoms with Gasteiger partial charge in [-0.05, 0) is 24.6 Å². The van der Waals surface area contributed by atoms with Crippen LogP contribution in [-0.4, -0.2) is 29.6 Å². The SMILES string of the molecule is CC(Oc1ccc2c(c1)OCC(c1ccccc1)C2=O)C(=O)O. The Morgan fingerprint density at radius 3 is 2.70 bits per heavy atom. The molecule has 0 aromatic heterocycles. The average molecular weight is 312 g/mol. The van der Waals surface area contributed by atoms with Crippen LogP contribution in [-0.2, 0) is 4.79 Å². The van der Waals surface area contributed by atoms with Gasteiger partial charge in [0.25, 0.3) is 0 Å². The Kier molecular flexibility index (Phi) is 4.02. The molecule has 2 atom stereocenters. The van der Waals surface area contributed by atoms with E-state index in [4.69, 9.17) is 14.6 Å². The van der Waals surface area contributed by atoms with E-state index in [9.17, 15) is 9.59 Å². The lowest BCUT2D eigenvalue weighted by molar-refractivity contribution is -0.144. The first-order valence-electron chi connectivity index (χ1n) is 7.31. The monoisotopic (exact) mass is 312 g/mol. The summed E-state index contributed by atoms with van der Waals surface area (Å²) in [5, 5.41) is 8.87. The molecule has 0 fully saturated rings. The number of fused-ring (bicyclic) bond motifs is 1. The summed E-state index contributed by atoms with van der Waals surface area (Å²) < 4.78 is 11.0. The molecule has 118 valence electrons. The number of carbonyl (C=O) groups excluding carboxylic acids is 1. The highest BCUT2D eigenvalue weighted by molar-refractivity contribution is 6.04. The van der Waals surface area contributed by atoms with Gasteiger partial charge in [-0.25, -0.2) is 4.79 Å². The van der Waals surface area contributed by atoms with Crippen LogP contribution in [0.4, 0.5) is 0 Å². The van der Waals surface area contributed by atoms with Gasteiger partial charge in [0.2, 0.25) is 0 Å². The third-order valence-electron chi connectivity index (χ3n) is 3.80. The number of carboxylic acid groups (broad SMARTS) is 1. The largest absolute Gasteiger partial charge is 0.492 e. The highest BCUT2D eigenvalue weighted by atomic mass is 16.5. The first-order chi connectivity index (χ1) is 11.1. The first kappa shape index (κ1) is 15.1. The smallest absolute Gasteiger partial charge is 0.344 e. The van der Waals surface area contributed by atoms with Crippen molar-refractivity contribution >= 4 is 11.8 Å². The molecule has 2 unspecified atom stereocenters. The predicted molar refractivity (Wildman–Crippen MR) is 83.2 cm³/mol. The summed E-state index contributed by atoms with van der Waals surface area (Å²) in [4.78, 5) is 23.5. The molecule has 1 aliphatic rings. The van der Waals surface area contributed by atoms with Crippen molar-refractivity contribution in [3.05, 3.63) is 59.7 Å². The molecule has 5 nitrogen and oxygen atoms in total. The minimum Gasteiger partial charge on any atom is -0.492 e. The number of hydrogen-bond donors (Lipinski definition) is 1. The standard InChI is InChI=1S/C18H16O5/c1-11(18(20)21)23-13-7-8-14-16(9-13)22-10-15(17(14)19)12-5-3-2-4-6-12/h2-9,11,15H,10H2,1H3,(H,20,21). The number of ether oxygens (including phenoxy) is 2. The average Bonchev–Trinajstić information content (AvgIpc) is 2.56. The minimum atomic E-state index is -1.05. The van der Waals surface area contributed by atoms with Gasteiger partial charge in [-0.3, -0.25) is 4.79 Å². The zero-order valence-electron chi connectivity index (χ0n) is 12.6. The molecule has 3 rings (SSSR count). The molecule has 2 aromatic carbocycles. The molecule has 0 spiro atoms. The Balaban J connectivity index is 1.84. The summed E-state index contributed by atoms with van der Waals surface area (Å²) in [6, 6.07) is 14.3. The number of Topliss-reactive ketones (excluding diaryl/α,β-unsaturated/α-hetero) is 1. The quantitative estimate of drug-likeness (QED) is 0.939. The predicted octanol–water partition coefficient (Wildman–Crippen LogP) is 2.90. The molecule has 23 heavy (non-hydrogen) atoms. The highest BCUT2D eigenvalue weighted by Gasteiger charge is 2.30. The maximum Gasteiger partial charge on any atom is 0.344 e. The van der Waals surface area contributed by atoms with Crippen molar-refractivity contribution in [2.45, 2.75) is 18.9 Å². The van der Waals surface area contributed by atoms with E-state index >= 15 is 0 Å². The van der Waals surface area contributed by atoms with Crippen LogP contribution >= 0.6 is 0 Å². The molecule has 0 saturated heterocycles. The molecule has 5 heteroatoms. The molecule has 1 N–H and O–H groups in total. The molecule has 0 aliphatic carbocycles. The van der Waals surface area contributed by atoms with E-state index in [1.54, 1.807) is 18.2 Å². The lowest BCUT2D eigenvalue weighted by atomic mass is 9.89. The second-order valence-electron chi connectivity index (χ2n) is 5.39. The van der Waals surface area contributed by atoms with Gasteiger partial charge in [0.15, 0.2) is 11.9 Å². The fourth-order valence-electron chi connectivity index (χ4n) is 2.52. The normalized spacial score (nSPS) is 17.8. The van der Waals surface area contributed by atoms with Crippen LogP contribution in [0.2, 0.25) is 0 Å². The van der Waals surface area contributed by atoms with Crippen molar-refractivity contribution in [1.29, 1.82) is 0 Å². The van der Waals surface area contributed by atoms with Gasteiger partial charge < -0.3 is 14.6 Å². The lowest BCUT2D eigenvalue weighted by Crippen LogP contribution is -2.26. The van der Waals surface area contributed by atoms with E-state index in [1.807, 2.05) is 30.3 Å². The maximum atomic E-state index is 12.6. The summed E-state index contributed by atoms with van der Waals surface area (Å²) in [5.41, 5.74) is 1.41. The van der Waals surface area contributed by atoms with E-state index in [-0.39, 0.29) is 18.3 Å². The van der Waals surface area contributed by atoms with Crippen LogP contribution < -0.4 is 9.47 Å². The highest BCUT2D eigenvalue weighted by Crippen LogP contribution is 2.35. The van der Waals surface area contributed by atoms with Gasteiger partial charge in [-0.15, -0.1) is 0 Å². The van der Waals surface area contributed by atoms with Crippen LogP contribution in [0.1, 0.15) is 28.8 Å². The molecule has 2 aromatic rings. The van der Waals surface area contributed by atoms with Gasteiger partial charge >= 0.3 is 5.97 Å². The summed E-state index contributed by atoms with van der Waals surface area (Å²) in [6.45, 7) is 1.70. The molecule has 0 bridgehead atoms. The lowest BCUT2D eigenvalue weighted by Gasteiger charge is -2.25. The molecule has 0 radical (unpaired) electrons. The third-order valence-corrected chi connectivity index (χ3v) is 3.80. The van der Waals surface area contributed by atoms with Gasteiger partial charge in [0, 0.05) is 6.07 Å². The number of ketones is 1. The summed E-state index contributed by atoms with van der Waals surface area (Å²) >= 11 is 0. The zero-order chi connectivity index (χ0) is 16.4. The minimum absolute atomic E-state index is 0.00437. The molecule has 1 aliphatic heterocycles. The van der Waals surface area contributed by atoms with Crippen LogP contribution in [0.3, 0.4) is 0 Å². The number of carbonyl (C=O) groups is 2. The summed E-state index contributed by atoms with van der Waals surface area (Å²) in [6.07, 6.45) is -0.968. The van der Waals surface area contributed by atoms with E-state index in [1.165, 1.54) is 6.92 Å². The van der Waals surface area contributed by atoms with E-state index < -0.39 is 12.1 Å². The van der Waals surface area contributed by atoms with Crippen LogP contribution in [0.25, 0.3) is 0 Å². The van der Waals surface area contributed by atoms with Crippen LogP contribution in [0.15, 0.2) is 48.5 Å². The van der Waals surface area contributed by atoms with Crippen molar-refractivity contribution in [3.63, 3.8) is 0 Å². The van der Waals surface area contributed by atoms with Crippen molar-refractivity contribution < 1.29 is 24.2 Å². The Hall–Kier alpha value is -2.82. The molecule has 0 amide bonds. The second-order valence-corrected chi connectivity index (χ2v) is 5.39. The van der Waals surface area contributed by atoms with E-state index in [0.29, 0.717) is 17.1 Å². The van der Waals surface area contributed by atoms with E-state index in [0.717, 1.165) is 5.56 Å². The van der Waals surface area contributed by atoms with Crippen molar-refractivity contribution in [3.8, 4) is 11.5 Å². The van der Waals surface area contributed by atoms with Crippen molar-refractivity contribution in [2.24, 2.45) is 0 Å². The topological polar surface area (TPSA) is 72.8 Å². The Bertz CT molecular complexity index is 738. The molecule has 1 heterocycles. The van der Waals surface area contributed by atoms with Gasteiger partial charge in [0.05, 0.1) is 11.5 Å². The number of aliphatic carboxylic acids is 1. The Labute approximate surface area is 133 Å². The zero-order valence-corrected chi connectivity index (χ0v) is 12.6. The number of rotatable bonds is 4. The summed E-state index contributed by atoms with van der Waals surface area (Å²) in [7, 11) is 0. The third kappa shape index (κ3) is 3.04. The first-order valence-corrected chi connectivity index (χ1v) is 7.31. The van der Waals surface area contributed by atoms with Crippen molar-refractivity contribution in [2.75, 3.05) is 6.61 Å². The maximum absolute atomic E-state index is 12.6. The molecular weight excluding hydrogens is 296 g/mol. The van der Waals surface area contributed by atoms with Crippen molar-refractivity contribution in [1.82, 2.24) is 0 Å². The van der Waals surface area contributed by atoms with Crippen LogP contribution in [0, 0.1) is 0 Å². The number of carboxylic acids is 1. The Morgan fingerprint density at radius 2 is 2.00 bits per heavy atom. The summed E-state index contributed by atoms with van der Waals surface area (Å²) in [5.74, 6) is -0.588. The fourth-order valence-corrected chi connectivity index (χ4v) is 2.52. The Morgan fingerprint density at radius 1 is 1.26 bits per heavy atom. The second kappa shape index (κ2) is 6.12. The van der Waals surface area contributed by atoms with Crippen LogP contribution in [0.5, 0.6) is 11.5 Å².